The van der Waals surface area contributed by atoms with Crippen molar-refractivity contribution in [3.63, 3.8) is 0 Å². The van der Waals surface area contributed by atoms with Crippen LogP contribution in [-0.4, -0.2) is 44.8 Å². The number of fused-ring (bicyclic) bond motifs is 1. The van der Waals surface area contributed by atoms with Crippen molar-refractivity contribution in [1.29, 1.82) is 0 Å². The maximum atomic E-state index is 15.4. The maximum absolute atomic E-state index is 15.4. The first-order valence-corrected chi connectivity index (χ1v) is 12.0. The van der Waals surface area contributed by atoms with Gasteiger partial charge in [-0.1, -0.05) is 18.2 Å². The van der Waals surface area contributed by atoms with Crippen molar-refractivity contribution in [3.05, 3.63) is 30.3 Å². The molecular weight excluding hydrogens is 401 g/mol. The zero-order chi connectivity index (χ0) is 19.9. The third-order valence-corrected chi connectivity index (χ3v) is 9.43. The SMILES string of the molecule is CCOP(=O)(OCC)C(F)(F)[C@H]1[C@@H]2O[C@@H]2CC[C@@H]1S(=O)(=O)c1ccccc1. The van der Waals surface area contributed by atoms with Gasteiger partial charge in [0.25, 0.3) is 0 Å². The Morgan fingerprint density at radius 3 is 2.30 bits per heavy atom. The van der Waals surface area contributed by atoms with E-state index >= 15 is 8.78 Å². The Labute approximate surface area is 157 Å². The fourth-order valence-corrected chi connectivity index (χ4v) is 7.65. The number of ether oxygens (including phenoxy) is 1. The van der Waals surface area contributed by atoms with Crippen LogP contribution in [0.2, 0.25) is 0 Å². The first-order valence-electron chi connectivity index (χ1n) is 8.90. The van der Waals surface area contributed by atoms with E-state index in [-0.39, 0.29) is 24.5 Å². The van der Waals surface area contributed by atoms with Gasteiger partial charge in [0.05, 0.1) is 41.5 Å². The Balaban J connectivity index is 2.04. The molecule has 1 aliphatic heterocycles. The van der Waals surface area contributed by atoms with Gasteiger partial charge in [-0.25, -0.2) is 8.42 Å². The van der Waals surface area contributed by atoms with Crippen molar-refractivity contribution in [2.75, 3.05) is 13.2 Å². The highest BCUT2D eigenvalue weighted by Crippen LogP contribution is 2.68. The molecule has 0 unspecified atom stereocenters. The third-order valence-electron chi connectivity index (χ3n) is 4.95. The van der Waals surface area contributed by atoms with Gasteiger partial charge in [-0.3, -0.25) is 4.57 Å². The lowest BCUT2D eigenvalue weighted by atomic mass is 9.89. The van der Waals surface area contributed by atoms with Gasteiger partial charge in [0.2, 0.25) is 0 Å². The van der Waals surface area contributed by atoms with Crippen LogP contribution in [0.1, 0.15) is 26.7 Å². The molecule has 2 fully saturated rings. The lowest BCUT2D eigenvalue weighted by Gasteiger charge is -2.37. The van der Waals surface area contributed by atoms with Crippen LogP contribution < -0.4 is 0 Å². The molecule has 0 aromatic heterocycles. The van der Waals surface area contributed by atoms with Gasteiger partial charge in [-0.15, -0.1) is 0 Å². The number of hydrogen-bond acceptors (Lipinski definition) is 6. The van der Waals surface area contributed by atoms with Gasteiger partial charge < -0.3 is 13.8 Å². The fourth-order valence-electron chi connectivity index (χ4n) is 3.71. The van der Waals surface area contributed by atoms with E-state index < -0.39 is 46.5 Å². The molecule has 0 bridgehead atoms. The predicted octanol–water partition coefficient (Wildman–Crippen LogP) is 3.87. The Bertz CT molecular complexity index is 806. The van der Waals surface area contributed by atoms with Crippen LogP contribution in [-0.2, 0) is 28.2 Å². The summed E-state index contributed by atoms with van der Waals surface area (Å²) >= 11 is 0. The van der Waals surface area contributed by atoms with Crippen molar-refractivity contribution in [1.82, 2.24) is 0 Å². The fraction of sp³-hybridized carbons (Fsp3) is 0.647. The monoisotopic (exact) mass is 424 g/mol. The van der Waals surface area contributed by atoms with Crippen LogP contribution in [0.25, 0.3) is 0 Å². The molecule has 1 aliphatic carbocycles. The summed E-state index contributed by atoms with van der Waals surface area (Å²) in [5, 5.41) is -1.44. The second-order valence-corrected chi connectivity index (χ2v) is 10.8. The number of rotatable bonds is 8. The number of sulfone groups is 1. The van der Waals surface area contributed by atoms with Crippen LogP contribution in [0.3, 0.4) is 0 Å². The van der Waals surface area contributed by atoms with Crippen LogP contribution in [0.4, 0.5) is 8.78 Å². The summed E-state index contributed by atoms with van der Waals surface area (Å²) in [6.07, 6.45) is -1.07. The minimum absolute atomic E-state index is 0.00307. The summed E-state index contributed by atoms with van der Waals surface area (Å²) in [4.78, 5) is -0.0439. The highest BCUT2D eigenvalue weighted by molar-refractivity contribution is 7.92. The normalized spacial score (nSPS) is 28.6. The predicted molar refractivity (Wildman–Crippen MR) is 94.6 cm³/mol. The molecule has 0 spiro atoms. The van der Waals surface area contributed by atoms with E-state index in [2.05, 4.69) is 0 Å². The summed E-state index contributed by atoms with van der Waals surface area (Å²) < 4.78 is 85.0. The van der Waals surface area contributed by atoms with E-state index in [1.807, 2.05) is 0 Å². The standard InChI is InChI=1S/C17H23F2O6PS/c1-3-23-26(20,24-4-2)17(18,19)15-14(11-10-13-16(15)25-13)27(21,22)12-8-6-5-7-9-12/h5-9,13-16H,3-4,10-11H2,1-2H3/t13-,14+,15-,16-/m1/s1. The number of halogens is 2. The van der Waals surface area contributed by atoms with Crippen molar-refractivity contribution in [2.45, 2.75) is 54.7 Å². The summed E-state index contributed by atoms with van der Waals surface area (Å²) in [6, 6.07) is 7.45. The van der Waals surface area contributed by atoms with E-state index in [9.17, 15) is 13.0 Å². The van der Waals surface area contributed by atoms with Crippen LogP contribution in [0.5, 0.6) is 0 Å². The molecule has 1 saturated heterocycles. The highest BCUT2D eigenvalue weighted by atomic mass is 32.2. The second-order valence-electron chi connectivity index (χ2n) is 6.56. The van der Waals surface area contributed by atoms with E-state index in [4.69, 9.17) is 13.8 Å². The van der Waals surface area contributed by atoms with Crippen molar-refractivity contribution >= 4 is 17.4 Å². The average Bonchev–Trinajstić information content (AvgIpc) is 3.41. The zero-order valence-corrected chi connectivity index (χ0v) is 16.8. The van der Waals surface area contributed by atoms with Gasteiger partial charge in [0.15, 0.2) is 9.84 Å². The maximum Gasteiger partial charge on any atom is 0.400 e. The molecule has 27 heavy (non-hydrogen) atoms. The lowest BCUT2D eigenvalue weighted by Crippen LogP contribution is -2.48. The van der Waals surface area contributed by atoms with E-state index in [1.165, 1.54) is 38.1 Å². The molecule has 152 valence electrons. The van der Waals surface area contributed by atoms with E-state index in [1.54, 1.807) is 6.07 Å². The Hall–Kier alpha value is -0.860. The van der Waals surface area contributed by atoms with Crippen molar-refractivity contribution in [2.24, 2.45) is 5.92 Å². The lowest BCUT2D eigenvalue weighted by molar-refractivity contribution is -0.0257. The molecule has 1 saturated carbocycles. The third kappa shape index (κ3) is 3.60. The van der Waals surface area contributed by atoms with Crippen molar-refractivity contribution < 1.29 is 35.5 Å². The van der Waals surface area contributed by atoms with Crippen LogP contribution >= 0.6 is 7.60 Å². The first-order chi connectivity index (χ1) is 12.7. The average molecular weight is 424 g/mol. The second kappa shape index (κ2) is 7.52. The molecule has 1 aromatic rings. The molecule has 1 heterocycles. The van der Waals surface area contributed by atoms with Gasteiger partial charge in [-0.05, 0) is 38.8 Å². The van der Waals surface area contributed by atoms with Gasteiger partial charge in [0.1, 0.15) is 0 Å². The zero-order valence-electron chi connectivity index (χ0n) is 15.1. The number of benzene rings is 1. The minimum Gasteiger partial charge on any atom is -0.369 e. The molecular formula is C17H23F2O6PS. The smallest absolute Gasteiger partial charge is 0.369 e. The van der Waals surface area contributed by atoms with Gasteiger partial charge >= 0.3 is 13.3 Å². The molecule has 1 aromatic carbocycles. The van der Waals surface area contributed by atoms with Gasteiger partial charge in [-0.2, -0.15) is 8.78 Å². The molecule has 0 amide bonds. The Morgan fingerprint density at radius 2 is 1.74 bits per heavy atom. The van der Waals surface area contributed by atoms with Crippen molar-refractivity contribution in [3.8, 4) is 0 Å². The summed E-state index contributed by atoms with van der Waals surface area (Å²) in [6.45, 7) is 2.36. The summed E-state index contributed by atoms with van der Waals surface area (Å²) in [5.74, 6) is -1.80. The molecule has 3 rings (SSSR count). The number of alkyl halides is 2. The van der Waals surface area contributed by atoms with E-state index in [0.29, 0.717) is 6.42 Å². The molecule has 2 aliphatic rings. The number of epoxide rings is 1. The quantitative estimate of drug-likeness (QED) is 0.466. The Kier molecular flexibility index (Phi) is 5.81. The molecule has 10 heteroatoms. The molecule has 6 nitrogen and oxygen atoms in total. The first kappa shape index (κ1) is 20.9. The topological polar surface area (TPSA) is 82.2 Å². The molecule has 0 N–H and O–H groups in total. The number of hydrogen-bond donors (Lipinski definition) is 0. The van der Waals surface area contributed by atoms with Crippen LogP contribution in [0, 0.1) is 5.92 Å². The Morgan fingerprint density at radius 1 is 1.15 bits per heavy atom. The van der Waals surface area contributed by atoms with E-state index in [0.717, 1.165) is 0 Å². The minimum atomic E-state index is -4.88. The highest BCUT2D eigenvalue weighted by Gasteiger charge is 2.70. The largest absolute Gasteiger partial charge is 0.400 e. The summed E-state index contributed by atoms with van der Waals surface area (Å²) in [7, 11) is -8.96. The van der Waals surface area contributed by atoms with Gasteiger partial charge in [0, 0.05) is 0 Å². The summed E-state index contributed by atoms with van der Waals surface area (Å²) in [5.41, 5.74) is -3.99. The molecule has 0 radical (unpaired) electrons. The molecule has 4 atom stereocenters. The van der Waals surface area contributed by atoms with Crippen LogP contribution in [0.15, 0.2) is 35.2 Å².